The number of benzene rings is 1. The Morgan fingerprint density at radius 2 is 1.86 bits per heavy atom. The fourth-order valence-corrected chi connectivity index (χ4v) is 2.32. The van der Waals surface area contributed by atoms with Gasteiger partial charge in [-0.25, -0.2) is 9.97 Å². The smallest absolute Gasteiger partial charge is 0.233 e. The fraction of sp³-hybridized carbons (Fsp3) is 0.294. The van der Waals surface area contributed by atoms with Gasteiger partial charge in [0.05, 0.1) is 13.7 Å². The topological polar surface area (TPSA) is 57.4 Å². The number of aromatic nitrogens is 2. The van der Waals surface area contributed by atoms with Gasteiger partial charge in [-0.2, -0.15) is 0 Å². The molecule has 2 heterocycles. The fourth-order valence-electron chi connectivity index (χ4n) is 2.32. The van der Waals surface area contributed by atoms with Gasteiger partial charge < -0.3 is 13.9 Å². The summed E-state index contributed by atoms with van der Waals surface area (Å²) in [4.78, 5) is 8.36. The summed E-state index contributed by atoms with van der Waals surface area (Å²) in [5.74, 6) is 2.27. The third-order valence-corrected chi connectivity index (χ3v) is 3.72. The first-order valence-electron chi connectivity index (χ1n) is 7.15. The quantitative estimate of drug-likeness (QED) is 0.722. The van der Waals surface area contributed by atoms with Crippen molar-refractivity contribution >= 4 is 11.1 Å². The van der Waals surface area contributed by atoms with Crippen LogP contribution in [0.3, 0.4) is 0 Å². The van der Waals surface area contributed by atoms with E-state index in [0.717, 1.165) is 28.9 Å². The van der Waals surface area contributed by atoms with E-state index in [9.17, 15) is 0 Å². The first kappa shape index (κ1) is 14.4. The minimum Gasteiger partial charge on any atom is -0.497 e. The predicted molar refractivity (Wildman–Crippen MR) is 83.5 cm³/mol. The average Bonchev–Trinajstić information content (AvgIpc) is 2.84. The lowest BCUT2D eigenvalue weighted by Crippen LogP contribution is -2.03. The summed E-state index contributed by atoms with van der Waals surface area (Å²) >= 11 is 0. The van der Waals surface area contributed by atoms with Crippen LogP contribution in [0.5, 0.6) is 11.6 Å². The second-order valence-corrected chi connectivity index (χ2v) is 5.09. The maximum absolute atomic E-state index is 5.83. The van der Waals surface area contributed by atoms with Crippen molar-refractivity contribution in [2.24, 2.45) is 0 Å². The third-order valence-electron chi connectivity index (χ3n) is 3.72. The van der Waals surface area contributed by atoms with Crippen LogP contribution in [0.1, 0.15) is 16.9 Å². The molecule has 0 aliphatic rings. The molecule has 5 heteroatoms. The molecule has 5 nitrogen and oxygen atoms in total. The Morgan fingerprint density at radius 3 is 2.59 bits per heavy atom. The Bertz CT molecular complexity index is 778. The van der Waals surface area contributed by atoms with Crippen molar-refractivity contribution in [3.05, 3.63) is 47.5 Å². The average molecular weight is 298 g/mol. The molecule has 0 fully saturated rings. The molecule has 0 bridgehead atoms. The lowest BCUT2D eigenvalue weighted by atomic mass is 10.1. The van der Waals surface area contributed by atoms with Gasteiger partial charge in [-0.3, -0.25) is 0 Å². The Kier molecular flexibility index (Phi) is 3.96. The summed E-state index contributed by atoms with van der Waals surface area (Å²) in [7, 11) is 1.66. The van der Waals surface area contributed by atoms with Crippen LogP contribution in [0.4, 0.5) is 0 Å². The summed E-state index contributed by atoms with van der Waals surface area (Å²) in [5.41, 5.74) is 2.78. The molecule has 0 amide bonds. The molecule has 1 aromatic carbocycles. The minimum atomic E-state index is 0.544. The van der Waals surface area contributed by atoms with Crippen LogP contribution in [0.2, 0.25) is 0 Å². The van der Waals surface area contributed by atoms with Crippen LogP contribution < -0.4 is 9.47 Å². The molecule has 3 rings (SSSR count). The van der Waals surface area contributed by atoms with E-state index in [1.54, 1.807) is 7.11 Å². The number of methoxy groups -OCH3 is 1. The van der Waals surface area contributed by atoms with Crippen molar-refractivity contribution in [1.82, 2.24) is 9.97 Å². The first-order chi connectivity index (χ1) is 10.7. The molecular weight excluding hydrogens is 280 g/mol. The Balaban J connectivity index is 1.71. The highest BCUT2D eigenvalue weighted by atomic mass is 16.5. The van der Waals surface area contributed by atoms with Crippen LogP contribution in [0, 0.1) is 13.8 Å². The van der Waals surface area contributed by atoms with Gasteiger partial charge >= 0.3 is 0 Å². The molecule has 0 radical (unpaired) electrons. The van der Waals surface area contributed by atoms with Crippen LogP contribution in [-0.2, 0) is 6.42 Å². The maximum Gasteiger partial charge on any atom is 0.233 e. The molecule has 2 aromatic heterocycles. The van der Waals surface area contributed by atoms with Gasteiger partial charge in [-0.05, 0) is 31.5 Å². The molecule has 114 valence electrons. The first-order valence-corrected chi connectivity index (χ1v) is 7.15. The summed E-state index contributed by atoms with van der Waals surface area (Å²) in [6, 6.07) is 7.96. The van der Waals surface area contributed by atoms with E-state index < -0.39 is 0 Å². The van der Waals surface area contributed by atoms with Gasteiger partial charge in [0.15, 0.2) is 0 Å². The van der Waals surface area contributed by atoms with Crippen molar-refractivity contribution in [3.8, 4) is 11.6 Å². The van der Waals surface area contributed by atoms with E-state index in [1.165, 1.54) is 11.9 Å². The number of ether oxygens (including phenoxy) is 2. The zero-order valence-corrected chi connectivity index (χ0v) is 12.9. The largest absolute Gasteiger partial charge is 0.497 e. The van der Waals surface area contributed by atoms with Crippen molar-refractivity contribution in [2.75, 3.05) is 13.7 Å². The van der Waals surface area contributed by atoms with E-state index in [1.807, 2.05) is 38.1 Å². The summed E-state index contributed by atoms with van der Waals surface area (Å²) in [5, 5.41) is 0.856. The molecule has 22 heavy (non-hydrogen) atoms. The van der Waals surface area contributed by atoms with Gasteiger partial charge in [-0.1, -0.05) is 12.1 Å². The number of nitrogens with zero attached hydrogens (tertiary/aromatic N) is 2. The number of hydrogen-bond donors (Lipinski definition) is 0. The van der Waals surface area contributed by atoms with Gasteiger partial charge in [0.1, 0.15) is 23.2 Å². The lowest BCUT2D eigenvalue weighted by molar-refractivity contribution is 0.313. The molecule has 0 saturated heterocycles. The monoisotopic (exact) mass is 298 g/mol. The lowest BCUT2D eigenvalue weighted by Gasteiger charge is -2.07. The maximum atomic E-state index is 5.83. The summed E-state index contributed by atoms with van der Waals surface area (Å²) in [6.07, 6.45) is 2.26. The SMILES string of the molecule is COc1ccc(CCOc2ncnc3oc(C)c(C)c23)cc1. The van der Waals surface area contributed by atoms with E-state index in [4.69, 9.17) is 13.9 Å². The molecule has 0 saturated carbocycles. The number of hydrogen-bond acceptors (Lipinski definition) is 5. The molecule has 3 aromatic rings. The molecule has 0 aliphatic heterocycles. The van der Waals surface area contributed by atoms with Gasteiger partial charge in [0, 0.05) is 12.0 Å². The second kappa shape index (κ2) is 6.05. The van der Waals surface area contributed by atoms with Crippen molar-refractivity contribution in [1.29, 1.82) is 0 Å². The number of rotatable bonds is 5. The zero-order chi connectivity index (χ0) is 15.5. The van der Waals surface area contributed by atoms with Gasteiger partial charge in [0.25, 0.3) is 0 Å². The van der Waals surface area contributed by atoms with Crippen molar-refractivity contribution in [3.63, 3.8) is 0 Å². The highest BCUT2D eigenvalue weighted by Crippen LogP contribution is 2.29. The van der Waals surface area contributed by atoms with E-state index in [-0.39, 0.29) is 0 Å². The van der Waals surface area contributed by atoms with Crippen molar-refractivity contribution in [2.45, 2.75) is 20.3 Å². The normalized spacial score (nSPS) is 10.9. The van der Waals surface area contributed by atoms with Gasteiger partial charge in [0.2, 0.25) is 11.6 Å². The minimum absolute atomic E-state index is 0.544. The summed E-state index contributed by atoms with van der Waals surface area (Å²) < 4.78 is 16.6. The highest BCUT2D eigenvalue weighted by molar-refractivity contribution is 5.83. The number of furan rings is 1. The standard InChI is InChI=1S/C17H18N2O3/c1-11-12(2)22-17-15(11)16(18-10-19-17)21-9-8-13-4-6-14(20-3)7-5-13/h4-7,10H,8-9H2,1-3H3. The Labute approximate surface area is 128 Å². The predicted octanol–water partition coefficient (Wildman–Crippen LogP) is 3.47. The van der Waals surface area contributed by atoms with Crippen LogP contribution in [0.15, 0.2) is 35.0 Å². The van der Waals surface area contributed by atoms with Gasteiger partial charge in [-0.15, -0.1) is 0 Å². The number of aryl methyl sites for hydroxylation is 2. The number of fused-ring (bicyclic) bond motifs is 1. The zero-order valence-electron chi connectivity index (χ0n) is 12.9. The van der Waals surface area contributed by atoms with E-state index in [0.29, 0.717) is 18.2 Å². The Hall–Kier alpha value is -2.56. The Morgan fingerprint density at radius 1 is 1.09 bits per heavy atom. The van der Waals surface area contributed by atoms with Crippen molar-refractivity contribution < 1.29 is 13.9 Å². The van der Waals surface area contributed by atoms with Crippen LogP contribution in [0.25, 0.3) is 11.1 Å². The molecular formula is C17H18N2O3. The molecule has 0 aliphatic carbocycles. The van der Waals surface area contributed by atoms with Crippen LogP contribution in [-0.4, -0.2) is 23.7 Å². The third kappa shape index (κ3) is 2.74. The molecule has 0 spiro atoms. The molecule has 0 unspecified atom stereocenters. The highest BCUT2D eigenvalue weighted by Gasteiger charge is 2.14. The molecule has 0 N–H and O–H groups in total. The van der Waals surface area contributed by atoms with E-state index in [2.05, 4.69) is 9.97 Å². The van der Waals surface area contributed by atoms with E-state index >= 15 is 0 Å². The van der Waals surface area contributed by atoms with Crippen LogP contribution >= 0.6 is 0 Å². The summed E-state index contributed by atoms with van der Waals surface area (Å²) in [6.45, 7) is 4.45. The molecule has 0 atom stereocenters. The second-order valence-electron chi connectivity index (χ2n) is 5.09.